The van der Waals surface area contributed by atoms with Crippen molar-refractivity contribution in [3.63, 3.8) is 0 Å². The summed E-state index contributed by atoms with van der Waals surface area (Å²) in [6, 6.07) is 9.27. The molecule has 3 rings (SSSR count). The zero-order valence-corrected chi connectivity index (χ0v) is 11.7. The highest BCUT2D eigenvalue weighted by atomic mass is 35.5. The number of halogens is 1. The first-order chi connectivity index (χ1) is 8.72. The van der Waals surface area contributed by atoms with E-state index in [4.69, 9.17) is 11.6 Å². The van der Waals surface area contributed by atoms with E-state index in [1.54, 1.807) is 0 Å². The van der Waals surface area contributed by atoms with Crippen LogP contribution in [0.25, 0.3) is 0 Å². The summed E-state index contributed by atoms with van der Waals surface area (Å²) in [5.41, 5.74) is 1.29. The van der Waals surface area contributed by atoms with Crippen LogP contribution in [0.2, 0.25) is 5.02 Å². The molecule has 0 radical (unpaired) electrons. The molecule has 0 amide bonds. The summed E-state index contributed by atoms with van der Waals surface area (Å²) < 4.78 is 0. The van der Waals surface area contributed by atoms with Crippen LogP contribution in [0.1, 0.15) is 31.4 Å². The molecule has 2 fully saturated rings. The van der Waals surface area contributed by atoms with Crippen LogP contribution in [-0.4, -0.2) is 30.6 Å². The summed E-state index contributed by atoms with van der Waals surface area (Å²) in [4.78, 5) is 2.59. The smallest absolute Gasteiger partial charge is 0.0409 e. The third kappa shape index (κ3) is 2.56. The van der Waals surface area contributed by atoms with Crippen molar-refractivity contribution in [1.29, 1.82) is 0 Å². The van der Waals surface area contributed by atoms with Crippen LogP contribution in [-0.2, 0) is 0 Å². The molecule has 4 atom stereocenters. The average molecular weight is 265 g/mol. The molecule has 0 spiro atoms. The standard InChI is InChI=1S/C15H21ClN2/c1-11(12-3-2-4-14(16)9-12)17-15-6-8-18-7-5-13(15)10-18/h2-4,9,11,13,15,17H,5-8,10H2,1H3/t11-,13?,15?/m1/s1. The summed E-state index contributed by atoms with van der Waals surface area (Å²) in [7, 11) is 0. The number of rotatable bonds is 3. The molecule has 18 heavy (non-hydrogen) atoms. The Bertz CT molecular complexity index is 421. The summed E-state index contributed by atoms with van der Waals surface area (Å²) in [5, 5.41) is 4.64. The summed E-state index contributed by atoms with van der Waals surface area (Å²) in [6.45, 7) is 6.09. The number of hydrogen-bond acceptors (Lipinski definition) is 2. The van der Waals surface area contributed by atoms with Crippen molar-refractivity contribution in [2.24, 2.45) is 5.92 Å². The first-order valence-corrected chi connectivity index (χ1v) is 7.34. The molecule has 2 aliphatic rings. The molecule has 3 heteroatoms. The van der Waals surface area contributed by atoms with Crippen LogP contribution in [0.5, 0.6) is 0 Å². The Hall–Kier alpha value is -0.570. The minimum absolute atomic E-state index is 0.390. The largest absolute Gasteiger partial charge is 0.307 e. The zero-order chi connectivity index (χ0) is 12.5. The van der Waals surface area contributed by atoms with Gasteiger partial charge in [-0.3, -0.25) is 0 Å². The van der Waals surface area contributed by atoms with Gasteiger partial charge in [-0.1, -0.05) is 23.7 Å². The fraction of sp³-hybridized carbons (Fsp3) is 0.600. The molecule has 1 aromatic carbocycles. The molecular formula is C15H21ClN2. The van der Waals surface area contributed by atoms with E-state index in [-0.39, 0.29) is 0 Å². The number of hydrogen-bond donors (Lipinski definition) is 1. The molecule has 0 saturated carbocycles. The Balaban J connectivity index is 1.65. The molecule has 0 aromatic heterocycles. The fourth-order valence-electron chi connectivity index (χ4n) is 3.36. The topological polar surface area (TPSA) is 15.3 Å². The van der Waals surface area contributed by atoms with Gasteiger partial charge in [0.05, 0.1) is 0 Å². The first kappa shape index (κ1) is 12.5. The molecule has 3 unspecified atom stereocenters. The van der Waals surface area contributed by atoms with E-state index in [0.29, 0.717) is 12.1 Å². The van der Waals surface area contributed by atoms with E-state index in [9.17, 15) is 0 Å². The minimum atomic E-state index is 0.390. The van der Waals surface area contributed by atoms with E-state index in [0.717, 1.165) is 10.9 Å². The van der Waals surface area contributed by atoms with Crippen molar-refractivity contribution < 1.29 is 0 Å². The molecule has 98 valence electrons. The number of benzene rings is 1. The second kappa shape index (κ2) is 5.20. The van der Waals surface area contributed by atoms with Gasteiger partial charge in [-0.05, 0) is 56.5 Å². The quantitative estimate of drug-likeness (QED) is 0.903. The third-order valence-corrected chi connectivity index (χ3v) is 4.68. The van der Waals surface area contributed by atoms with Gasteiger partial charge in [0.1, 0.15) is 0 Å². The molecular weight excluding hydrogens is 244 g/mol. The summed E-state index contributed by atoms with van der Waals surface area (Å²) in [5.74, 6) is 0.848. The van der Waals surface area contributed by atoms with Crippen molar-refractivity contribution >= 4 is 11.6 Å². The Morgan fingerprint density at radius 2 is 2.17 bits per heavy atom. The van der Waals surface area contributed by atoms with Crippen LogP contribution in [0.15, 0.2) is 24.3 Å². The van der Waals surface area contributed by atoms with Crippen molar-refractivity contribution in [2.45, 2.75) is 31.8 Å². The lowest BCUT2D eigenvalue weighted by atomic mass is 9.93. The van der Waals surface area contributed by atoms with Gasteiger partial charge in [-0.15, -0.1) is 0 Å². The second-order valence-corrected chi connectivity index (χ2v) is 6.12. The Kier molecular flexibility index (Phi) is 3.60. The number of nitrogens with one attached hydrogen (secondary N) is 1. The lowest BCUT2D eigenvalue weighted by Gasteiger charge is -2.33. The molecule has 1 N–H and O–H groups in total. The van der Waals surface area contributed by atoms with Crippen LogP contribution < -0.4 is 5.32 Å². The predicted molar refractivity (Wildman–Crippen MR) is 76.0 cm³/mol. The summed E-state index contributed by atoms with van der Waals surface area (Å²) >= 11 is 6.06. The van der Waals surface area contributed by atoms with Gasteiger partial charge >= 0.3 is 0 Å². The molecule has 1 aromatic rings. The maximum atomic E-state index is 6.06. The van der Waals surface area contributed by atoms with E-state index in [1.165, 1.54) is 38.0 Å². The van der Waals surface area contributed by atoms with Crippen LogP contribution >= 0.6 is 11.6 Å². The van der Waals surface area contributed by atoms with Gasteiger partial charge in [0, 0.05) is 23.7 Å². The molecule has 2 nitrogen and oxygen atoms in total. The number of nitrogens with zero attached hydrogens (tertiary/aromatic N) is 1. The minimum Gasteiger partial charge on any atom is -0.307 e. The van der Waals surface area contributed by atoms with Gasteiger partial charge in [0.2, 0.25) is 0 Å². The first-order valence-electron chi connectivity index (χ1n) is 6.96. The highest BCUT2D eigenvalue weighted by Crippen LogP contribution is 2.29. The predicted octanol–water partition coefficient (Wildman–Crippen LogP) is 3.08. The van der Waals surface area contributed by atoms with E-state index < -0.39 is 0 Å². The van der Waals surface area contributed by atoms with Crippen LogP contribution in [0.4, 0.5) is 0 Å². The molecule has 2 bridgehead atoms. The van der Waals surface area contributed by atoms with E-state index >= 15 is 0 Å². The number of piperidine rings is 1. The molecule has 2 aliphatic heterocycles. The highest BCUT2D eigenvalue weighted by Gasteiger charge is 2.34. The van der Waals surface area contributed by atoms with E-state index in [2.05, 4.69) is 29.3 Å². The lowest BCUT2D eigenvalue weighted by Crippen LogP contribution is -2.44. The maximum absolute atomic E-state index is 6.06. The van der Waals surface area contributed by atoms with Crippen LogP contribution in [0, 0.1) is 5.92 Å². The van der Waals surface area contributed by atoms with Gasteiger partial charge in [0.15, 0.2) is 0 Å². The normalized spacial score (nSPS) is 32.4. The molecule has 0 aliphatic carbocycles. The number of fused-ring (bicyclic) bond motifs is 2. The molecule has 2 heterocycles. The highest BCUT2D eigenvalue weighted by molar-refractivity contribution is 6.30. The Morgan fingerprint density at radius 3 is 3.00 bits per heavy atom. The molecule has 2 saturated heterocycles. The van der Waals surface area contributed by atoms with Gasteiger partial charge in [-0.2, -0.15) is 0 Å². The van der Waals surface area contributed by atoms with Gasteiger partial charge in [-0.25, -0.2) is 0 Å². The zero-order valence-electron chi connectivity index (χ0n) is 10.9. The lowest BCUT2D eigenvalue weighted by molar-refractivity contribution is 0.212. The van der Waals surface area contributed by atoms with E-state index in [1.807, 2.05) is 12.1 Å². The van der Waals surface area contributed by atoms with Crippen molar-refractivity contribution in [3.8, 4) is 0 Å². The third-order valence-electron chi connectivity index (χ3n) is 4.45. The van der Waals surface area contributed by atoms with Gasteiger partial charge in [0.25, 0.3) is 0 Å². The average Bonchev–Trinajstić information content (AvgIpc) is 2.76. The Labute approximate surface area is 114 Å². The van der Waals surface area contributed by atoms with Crippen LogP contribution in [0.3, 0.4) is 0 Å². The summed E-state index contributed by atoms with van der Waals surface area (Å²) in [6.07, 6.45) is 2.65. The van der Waals surface area contributed by atoms with Crippen molar-refractivity contribution in [2.75, 3.05) is 19.6 Å². The maximum Gasteiger partial charge on any atom is 0.0409 e. The fourth-order valence-corrected chi connectivity index (χ4v) is 3.56. The van der Waals surface area contributed by atoms with Gasteiger partial charge < -0.3 is 10.2 Å². The Morgan fingerprint density at radius 1 is 1.33 bits per heavy atom. The van der Waals surface area contributed by atoms with Crippen molar-refractivity contribution in [1.82, 2.24) is 10.2 Å². The monoisotopic (exact) mass is 264 g/mol. The SMILES string of the molecule is C[C@@H](NC1CCN2CCC1C2)c1cccc(Cl)c1. The second-order valence-electron chi connectivity index (χ2n) is 5.69. The van der Waals surface area contributed by atoms with Crippen molar-refractivity contribution in [3.05, 3.63) is 34.9 Å².